The Hall–Kier alpha value is -1.39. The lowest BCUT2D eigenvalue weighted by atomic mass is 9.92. The largest absolute Gasteiger partial charge is 0.462 e. The maximum atomic E-state index is 12.5. The average molecular weight is 422 g/mol. The Bertz CT molecular complexity index is 901. The molecule has 22 heavy (non-hydrogen) atoms. The number of halogens is 2. The molecule has 0 bridgehead atoms. The van der Waals surface area contributed by atoms with Crippen LogP contribution in [0, 0.1) is 6.92 Å². The summed E-state index contributed by atoms with van der Waals surface area (Å²) in [5.74, 6) is -0.273. The molecular weight excluding hydrogens is 408 g/mol. The minimum Gasteiger partial charge on any atom is -0.462 e. The van der Waals surface area contributed by atoms with E-state index in [0.717, 1.165) is 36.1 Å². The predicted octanol–water partition coefficient (Wildman–Crippen LogP) is 6.00. The van der Waals surface area contributed by atoms with Gasteiger partial charge in [-0.3, -0.25) is 0 Å². The van der Waals surface area contributed by atoms with Crippen LogP contribution in [0.4, 0.5) is 0 Å². The smallest absolute Gasteiger partial charge is 0.339 e. The highest BCUT2D eigenvalue weighted by Crippen LogP contribution is 2.35. The van der Waals surface area contributed by atoms with Gasteiger partial charge in [0.05, 0.1) is 12.2 Å². The number of rotatable bonds is 2. The van der Waals surface area contributed by atoms with Gasteiger partial charge in [-0.15, -0.1) is 0 Å². The standard InChI is InChI=1S/C18H14Br2O2/c1-3-22-18(21)17-10(2)15-8-11(19)4-6-13(15)14-7-5-12(20)9-16(14)17/h4-9H,3H2,1-2H3. The second-order valence-electron chi connectivity index (χ2n) is 5.10. The van der Waals surface area contributed by atoms with Gasteiger partial charge < -0.3 is 4.74 Å². The summed E-state index contributed by atoms with van der Waals surface area (Å²) in [5, 5.41) is 4.17. The summed E-state index contributed by atoms with van der Waals surface area (Å²) in [4.78, 5) is 12.5. The molecule has 4 heteroatoms. The normalized spacial score (nSPS) is 11.1. The minimum atomic E-state index is -0.273. The lowest BCUT2D eigenvalue weighted by molar-refractivity contribution is 0.0528. The van der Waals surface area contributed by atoms with Crippen LogP contribution in [0.3, 0.4) is 0 Å². The van der Waals surface area contributed by atoms with Crippen molar-refractivity contribution in [2.24, 2.45) is 0 Å². The Morgan fingerprint density at radius 2 is 1.50 bits per heavy atom. The Labute approximate surface area is 145 Å². The molecule has 0 amide bonds. The lowest BCUT2D eigenvalue weighted by Gasteiger charge is -2.14. The van der Waals surface area contributed by atoms with Gasteiger partial charge in [-0.25, -0.2) is 4.79 Å². The van der Waals surface area contributed by atoms with Gasteiger partial charge in [-0.1, -0.05) is 44.0 Å². The molecule has 2 nitrogen and oxygen atoms in total. The molecular formula is C18H14Br2O2. The molecule has 0 aromatic heterocycles. The van der Waals surface area contributed by atoms with Gasteiger partial charge in [0.1, 0.15) is 0 Å². The van der Waals surface area contributed by atoms with Gasteiger partial charge in [-0.05, 0) is 65.2 Å². The van der Waals surface area contributed by atoms with Crippen LogP contribution in [0.2, 0.25) is 0 Å². The first-order valence-electron chi connectivity index (χ1n) is 7.01. The molecule has 0 unspecified atom stereocenters. The van der Waals surface area contributed by atoms with E-state index < -0.39 is 0 Å². The Morgan fingerprint density at radius 1 is 0.955 bits per heavy atom. The molecule has 3 rings (SSSR count). The molecule has 0 fully saturated rings. The van der Waals surface area contributed by atoms with E-state index in [1.807, 2.05) is 38.1 Å². The van der Waals surface area contributed by atoms with Crippen molar-refractivity contribution < 1.29 is 9.53 Å². The van der Waals surface area contributed by atoms with Crippen LogP contribution < -0.4 is 0 Å². The summed E-state index contributed by atoms with van der Waals surface area (Å²) in [6, 6.07) is 12.2. The van der Waals surface area contributed by atoms with Crippen LogP contribution in [0.1, 0.15) is 22.8 Å². The number of benzene rings is 3. The fraction of sp³-hybridized carbons (Fsp3) is 0.167. The maximum Gasteiger partial charge on any atom is 0.339 e. The van der Waals surface area contributed by atoms with Gasteiger partial charge >= 0.3 is 5.97 Å². The van der Waals surface area contributed by atoms with E-state index in [9.17, 15) is 4.79 Å². The van der Waals surface area contributed by atoms with Gasteiger partial charge in [0, 0.05) is 8.95 Å². The molecule has 3 aromatic rings. The van der Waals surface area contributed by atoms with Crippen LogP contribution in [-0.4, -0.2) is 12.6 Å². The van der Waals surface area contributed by atoms with E-state index in [1.165, 1.54) is 0 Å². The monoisotopic (exact) mass is 420 g/mol. The molecule has 112 valence electrons. The zero-order valence-corrected chi connectivity index (χ0v) is 15.4. The third-order valence-corrected chi connectivity index (χ3v) is 4.77. The number of carbonyl (C=O) groups excluding carboxylic acids is 1. The Morgan fingerprint density at radius 3 is 2.09 bits per heavy atom. The third kappa shape index (κ3) is 2.55. The summed E-state index contributed by atoms with van der Waals surface area (Å²) in [6.45, 7) is 4.16. The quantitative estimate of drug-likeness (QED) is 0.374. The SMILES string of the molecule is CCOC(=O)c1c(C)c2cc(Br)ccc2c2ccc(Br)cc12. The van der Waals surface area contributed by atoms with Crippen LogP contribution in [0.25, 0.3) is 21.5 Å². The number of fused-ring (bicyclic) bond motifs is 3. The van der Waals surface area contributed by atoms with Gasteiger partial charge in [0.2, 0.25) is 0 Å². The maximum absolute atomic E-state index is 12.5. The number of esters is 1. The molecule has 3 aromatic carbocycles. The summed E-state index contributed by atoms with van der Waals surface area (Å²) < 4.78 is 7.21. The third-order valence-electron chi connectivity index (χ3n) is 3.78. The van der Waals surface area contributed by atoms with E-state index in [1.54, 1.807) is 0 Å². The van der Waals surface area contributed by atoms with Gasteiger partial charge in [0.25, 0.3) is 0 Å². The van der Waals surface area contributed by atoms with Crippen molar-refractivity contribution in [3.05, 3.63) is 56.5 Å². The fourth-order valence-corrected chi connectivity index (χ4v) is 3.54. The summed E-state index contributed by atoms with van der Waals surface area (Å²) >= 11 is 7.01. The molecule has 0 heterocycles. The van der Waals surface area contributed by atoms with E-state index in [0.29, 0.717) is 12.2 Å². The fourth-order valence-electron chi connectivity index (χ4n) is 2.82. The summed E-state index contributed by atoms with van der Waals surface area (Å²) in [5.41, 5.74) is 1.59. The number of carbonyl (C=O) groups is 1. The second-order valence-corrected chi connectivity index (χ2v) is 6.93. The van der Waals surface area contributed by atoms with Gasteiger partial charge in [0.15, 0.2) is 0 Å². The van der Waals surface area contributed by atoms with E-state index >= 15 is 0 Å². The minimum absolute atomic E-state index is 0.273. The molecule has 0 N–H and O–H groups in total. The van der Waals surface area contributed by atoms with Crippen molar-refractivity contribution in [1.29, 1.82) is 0 Å². The highest BCUT2D eigenvalue weighted by molar-refractivity contribution is 9.10. The highest BCUT2D eigenvalue weighted by atomic mass is 79.9. The van der Waals surface area contributed by atoms with E-state index in [2.05, 4.69) is 44.0 Å². The average Bonchev–Trinajstić information content (AvgIpc) is 2.48. The van der Waals surface area contributed by atoms with E-state index in [4.69, 9.17) is 4.74 Å². The molecule has 0 spiro atoms. The Kier molecular flexibility index (Phi) is 4.24. The number of ether oxygens (including phenoxy) is 1. The van der Waals surface area contributed by atoms with Gasteiger partial charge in [-0.2, -0.15) is 0 Å². The number of hydrogen-bond acceptors (Lipinski definition) is 2. The molecule has 0 aliphatic rings. The molecule has 0 aliphatic heterocycles. The first-order chi connectivity index (χ1) is 10.5. The van der Waals surface area contributed by atoms with Crippen LogP contribution in [0.5, 0.6) is 0 Å². The highest BCUT2D eigenvalue weighted by Gasteiger charge is 2.18. The van der Waals surface area contributed by atoms with Crippen molar-refractivity contribution in [2.75, 3.05) is 6.61 Å². The Balaban J connectivity index is 2.51. The number of hydrogen-bond donors (Lipinski definition) is 0. The second kappa shape index (κ2) is 6.01. The van der Waals surface area contributed by atoms with Crippen LogP contribution >= 0.6 is 31.9 Å². The van der Waals surface area contributed by atoms with Crippen molar-refractivity contribution in [1.82, 2.24) is 0 Å². The lowest BCUT2D eigenvalue weighted by Crippen LogP contribution is -2.08. The molecule has 0 saturated carbocycles. The zero-order valence-electron chi connectivity index (χ0n) is 12.2. The first kappa shape index (κ1) is 15.5. The molecule has 0 saturated heterocycles. The van der Waals surface area contributed by atoms with Crippen molar-refractivity contribution in [3.8, 4) is 0 Å². The van der Waals surface area contributed by atoms with Crippen molar-refractivity contribution in [3.63, 3.8) is 0 Å². The predicted molar refractivity (Wildman–Crippen MR) is 97.5 cm³/mol. The van der Waals surface area contributed by atoms with E-state index in [-0.39, 0.29) is 5.97 Å². The number of aryl methyl sites for hydroxylation is 1. The topological polar surface area (TPSA) is 26.3 Å². The first-order valence-corrected chi connectivity index (χ1v) is 8.59. The summed E-state index contributed by atoms with van der Waals surface area (Å²) in [6.07, 6.45) is 0. The van der Waals surface area contributed by atoms with Crippen molar-refractivity contribution >= 4 is 59.4 Å². The van der Waals surface area contributed by atoms with Crippen LogP contribution in [0.15, 0.2) is 45.3 Å². The van der Waals surface area contributed by atoms with Crippen molar-refractivity contribution in [2.45, 2.75) is 13.8 Å². The summed E-state index contributed by atoms with van der Waals surface area (Å²) in [7, 11) is 0. The molecule has 0 atom stereocenters. The molecule has 0 radical (unpaired) electrons. The zero-order chi connectivity index (χ0) is 15.9. The van der Waals surface area contributed by atoms with Crippen LogP contribution in [-0.2, 0) is 4.74 Å². The molecule has 0 aliphatic carbocycles.